The van der Waals surface area contributed by atoms with Crippen LogP contribution in [0, 0.1) is 0 Å². The summed E-state index contributed by atoms with van der Waals surface area (Å²) < 4.78 is 25.8. The molecule has 0 aliphatic rings. The lowest BCUT2D eigenvalue weighted by Crippen LogP contribution is -2.38. The summed E-state index contributed by atoms with van der Waals surface area (Å²) >= 11 is 1.65. The molecule has 0 aliphatic heterocycles. The molecule has 1 N–H and O–H groups in total. The molecule has 0 saturated carbocycles. The van der Waals surface area contributed by atoms with Gasteiger partial charge in [-0.15, -0.1) is 11.3 Å². The van der Waals surface area contributed by atoms with Crippen molar-refractivity contribution in [2.75, 3.05) is 0 Å². The second kappa shape index (κ2) is 5.09. The van der Waals surface area contributed by atoms with Crippen molar-refractivity contribution in [3.05, 3.63) is 22.4 Å². The van der Waals surface area contributed by atoms with E-state index < -0.39 is 10.0 Å². The molecule has 0 fully saturated rings. The highest BCUT2D eigenvalue weighted by Crippen LogP contribution is 2.11. The smallest absolute Gasteiger partial charge is 0.212 e. The molecule has 1 atom stereocenters. The lowest BCUT2D eigenvalue weighted by atomic mass is 10.2. The third-order valence-corrected chi connectivity index (χ3v) is 4.94. The Kier molecular flexibility index (Phi) is 4.31. The van der Waals surface area contributed by atoms with Crippen LogP contribution in [0.4, 0.5) is 0 Å². The molecule has 0 amide bonds. The van der Waals surface area contributed by atoms with Gasteiger partial charge in [0.05, 0.1) is 5.25 Å². The van der Waals surface area contributed by atoms with E-state index in [2.05, 4.69) is 4.72 Å². The lowest BCUT2D eigenvalue weighted by Gasteiger charge is -2.15. The second-order valence-corrected chi connectivity index (χ2v) is 7.20. The Hall–Kier alpha value is -0.390. The van der Waals surface area contributed by atoms with Crippen LogP contribution in [-0.4, -0.2) is 19.7 Å². The third-order valence-electron chi connectivity index (χ3n) is 2.07. The fraction of sp³-hybridized carbons (Fsp3) is 0.600. The van der Waals surface area contributed by atoms with Gasteiger partial charge in [-0.25, -0.2) is 13.1 Å². The third kappa shape index (κ3) is 3.93. The van der Waals surface area contributed by atoms with E-state index in [1.807, 2.05) is 24.4 Å². The van der Waals surface area contributed by atoms with Crippen LogP contribution in [0.3, 0.4) is 0 Å². The molecule has 0 spiro atoms. The number of hydrogen-bond acceptors (Lipinski definition) is 3. The first-order valence-corrected chi connectivity index (χ1v) is 7.38. The van der Waals surface area contributed by atoms with Gasteiger partial charge in [-0.05, 0) is 38.6 Å². The lowest BCUT2D eigenvalue weighted by molar-refractivity contribution is 0.552. The average molecular weight is 247 g/mol. The van der Waals surface area contributed by atoms with Gasteiger partial charge < -0.3 is 0 Å². The average Bonchev–Trinajstić information content (AvgIpc) is 2.54. The van der Waals surface area contributed by atoms with Gasteiger partial charge in [-0.1, -0.05) is 6.07 Å². The molecule has 0 bridgehead atoms. The van der Waals surface area contributed by atoms with Gasteiger partial charge >= 0.3 is 0 Å². The normalized spacial score (nSPS) is 14.4. The van der Waals surface area contributed by atoms with Crippen molar-refractivity contribution in [3.8, 4) is 0 Å². The highest BCUT2D eigenvalue weighted by molar-refractivity contribution is 7.90. The van der Waals surface area contributed by atoms with E-state index in [0.717, 1.165) is 6.42 Å². The van der Waals surface area contributed by atoms with Gasteiger partial charge in [0, 0.05) is 10.9 Å². The first-order valence-electron chi connectivity index (χ1n) is 4.95. The van der Waals surface area contributed by atoms with Crippen LogP contribution in [0.15, 0.2) is 17.5 Å². The number of hydrogen-bond donors (Lipinski definition) is 1. The summed E-state index contributed by atoms with van der Waals surface area (Å²) in [5.74, 6) is 0. The molecule has 0 aliphatic carbocycles. The number of rotatable bonds is 5. The highest BCUT2D eigenvalue weighted by Gasteiger charge is 2.18. The quantitative estimate of drug-likeness (QED) is 0.865. The van der Waals surface area contributed by atoms with Crippen LogP contribution in [0.2, 0.25) is 0 Å². The minimum atomic E-state index is -3.15. The van der Waals surface area contributed by atoms with Crippen LogP contribution in [0.1, 0.15) is 25.6 Å². The standard InChI is InChI=1S/C10H17NO2S2/c1-8(2)15(12,13)11-9(3)7-10-5-4-6-14-10/h4-6,8-9,11H,7H2,1-3H3. The molecule has 1 aromatic heterocycles. The van der Waals surface area contributed by atoms with Crippen LogP contribution in [0.5, 0.6) is 0 Å². The SMILES string of the molecule is CC(Cc1cccs1)NS(=O)(=O)C(C)C. The fourth-order valence-corrected chi connectivity index (χ4v) is 2.94. The monoisotopic (exact) mass is 247 g/mol. The maximum Gasteiger partial charge on any atom is 0.214 e. The summed E-state index contributed by atoms with van der Waals surface area (Å²) in [6, 6.07) is 3.95. The Morgan fingerprint density at radius 2 is 2.07 bits per heavy atom. The Balaban J connectivity index is 2.53. The van der Waals surface area contributed by atoms with Crippen molar-refractivity contribution in [2.45, 2.75) is 38.5 Å². The summed E-state index contributed by atoms with van der Waals surface area (Å²) in [6.45, 7) is 5.25. The molecule has 3 nitrogen and oxygen atoms in total. The Morgan fingerprint density at radius 3 is 2.53 bits per heavy atom. The van der Waals surface area contributed by atoms with E-state index in [1.54, 1.807) is 25.2 Å². The first kappa shape index (κ1) is 12.7. The number of nitrogens with one attached hydrogen (secondary N) is 1. The zero-order valence-electron chi connectivity index (χ0n) is 9.23. The van der Waals surface area contributed by atoms with Crippen LogP contribution in [0.25, 0.3) is 0 Å². The van der Waals surface area contributed by atoms with Gasteiger partial charge in [0.15, 0.2) is 0 Å². The van der Waals surface area contributed by atoms with Gasteiger partial charge in [0.25, 0.3) is 0 Å². The highest BCUT2D eigenvalue weighted by atomic mass is 32.2. The van der Waals surface area contributed by atoms with Crippen molar-refractivity contribution >= 4 is 21.4 Å². The van der Waals surface area contributed by atoms with Gasteiger partial charge in [-0.3, -0.25) is 0 Å². The minimum Gasteiger partial charge on any atom is -0.212 e. The van der Waals surface area contributed by atoms with Crippen molar-refractivity contribution in [2.24, 2.45) is 0 Å². The molecule has 1 aromatic rings. The van der Waals surface area contributed by atoms with Crippen LogP contribution < -0.4 is 4.72 Å². The first-order chi connectivity index (χ1) is 6.92. The summed E-state index contributed by atoms with van der Waals surface area (Å²) in [5.41, 5.74) is 0. The summed E-state index contributed by atoms with van der Waals surface area (Å²) in [7, 11) is -3.15. The van der Waals surface area contributed by atoms with E-state index in [4.69, 9.17) is 0 Å². The number of sulfonamides is 1. The van der Waals surface area contributed by atoms with Crippen molar-refractivity contribution < 1.29 is 8.42 Å². The van der Waals surface area contributed by atoms with E-state index in [9.17, 15) is 8.42 Å². The van der Waals surface area contributed by atoms with Crippen LogP contribution in [-0.2, 0) is 16.4 Å². The zero-order chi connectivity index (χ0) is 11.5. The summed E-state index contributed by atoms with van der Waals surface area (Å²) in [6.07, 6.45) is 0.754. The van der Waals surface area contributed by atoms with E-state index >= 15 is 0 Å². The maximum atomic E-state index is 11.6. The zero-order valence-corrected chi connectivity index (χ0v) is 10.9. The molecular weight excluding hydrogens is 230 g/mol. The van der Waals surface area contributed by atoms with Crippen LogP contribution >= 0.6 is 11.3 Å². The molecule has 15 heavy (non-hydrogen) atoms. The predicted octanol–water partition coefficient (Wildman–Crippen LogP) is 2.01. The summed E-state index contributed by atoms with van der Waals surface area (Å²) in [4.78, 5) is 1.20. The Morgan fingerprint density at radius 1 is 1.40 bits per heavy atom. The predicted molar refractivity (Wildman–Crippen MR) is 64.7 cm³/mol. The van der Waals surface area contributed by atoms with Crippen molar-refractivity contribution in [1.82, 2.24) is 4.72 Å². The molecule has 0 aromatic carbocycles. The molecule has 1 rings (SSSR count). The van der Waals surface area contributed by atoms with Gasteiger partial charge in [0.1, 0.15) is 0 Å². The van der Waals surface area contributed by atoms with Gasteiger partial charge in [-0.2, -0.15) is 0 Å². The Bertz CT molecular complexity index is 382. The minimum absolute atomic E-state index is 0.0453. The van der Waals surface area contributed by atoms with E-state index in [-0.39, 0.29) is 11.3 Å². The fourth-order valence-electron chi connectivity index (χ4n) is 1.19. The largest absolute Gasteiger partial charge is 0.214 e. The molecular formula is C10H17NO2S2. The van der Waals surface area contributed by atoms with E-state index in [1.165, 1.54) is 4.88 Å². The second-order valence-electron chi connectivity index (χ2n) is 3.90. The molecule has 0 radical (unpaired) electrons. The topological polar surface area (TPSA) is 46.2 Å². The van der Waals surface area contributed by atoms with Gasteiger partial charge in [0.2, 0.25) is 10.0 Å². The molecule has 0 saturated heterocycles. The maximum absolute atomic E-state index is 11.6. The summed E-state index contributed by atoms with van der Waals surface area (Å²) in [5, 5.41) is 1.63. The molecule has 86 valence electrons. The molecule has 1 heterocycles. The Labute approximate surface area is 95.6 Å². The van der Waals surface area contributed by atoms with E-state index in [0.29, 0.717) is 0 Å². The number of thiophene rings is 1. The molecule has 5 heteroatoms. The van der Waals surface area contributed by atoms with Crippen molar-refractivity contribution in [3.63, 3.8) is 0 Å². The van der Waals surface area contributed by atoms with Crippen molar-refractivity contribution in [1.29, 1.82) is 0 Å². The molecule has 1 unspecified atom stereocenters.